The van der Waals surface area contributed by atoms with Crippen LogP contribution in [0.25, 0.3) is 0 Å². The van der Waals surface area contributed by atoms with Crippen LogP contribution in [0.1, 0.15) is 12.5 Å². The standard InChI is InChI=1S/C21H29N5O2.HI/c1-4-28-20-14-17(8-9-23-20)16-24-21(22-2)26-12-10-25(11-13-26)18-6-5-7-19(15-18)27-3;/h5-9,14-15H,4,10-13,16H2,1-3H3,(H,22,24);1H. The van der Waals surface area contributed by atoms with Crippen LogP contribution in [0.2, 0.25) is 0 Å². The first-order chi connectivity index (χ1) is 13.7. The molecule has 29 heavy (non-hydrogen) atoms. The molecule has 1 N–H and O–H groups in total. The Bertz CT molecular complexity index is 794. The lowest BCUT2D eigenvalue weighted by Crippen LogP contribution is -2.52. The predicted molar refractivity (Wildman–Crippen MR) is 128 cm³/mol. The van der Waals surface area contributed by atoms with Crippen LogP contribution < -0.4 is 19.7 Å². The van der Waals surface area contributed by atoms with E-state index in [-0.39, 0.29) is 24.0 Å². The summed E-state index contributed by atoms with van der Waals surface area (Å²) < 4.78 is 10.8. The molecular formula is C21H30IN5O2. The lowest BCUT2D eigenvalue weighted by molar-refractivity contribution is 0.326. The van der Waals surface area contributed by atoms with Crippen molar-refractivity contribution in [3.8, 4) is 11.6 Å². The summed E-state index contributed by atoms with van der Waals surface area (Å²) in [6.07, 6.45) is 1.78. The minimum absolute atomic E-state index is 0. The zero-order chi connectivity index (χ0) is 19.8. The third kappa shape index (κ3) is 6.38. The van der Waals surface area contributed by atoms with Gasteiger partial charge < -0.3 is 24.6 Å². The maximum absolute atomic E-state index is 5.47. The van der Waals surface area contributed by atoms with Crippen LogP contribution in [0, 0.1) is 0 Å². The van der Waals surface area contributed by atoms with E-state index in [1.54, 1.807) is 13.3 Å². The lowest BCUT2D eigenvalue weighted by Gasteiger charge is -2.37. The molecule has 1 fully saturated rings. The second kappa shape index (κ2) is 11.7. The summed E-state index contributed by atoms with van der Waals surface area (Å²) in [7, 11) is 3.53. The minimum atomic E-state index is 0. The molecule has 8 heteroatoms. The van der Waals surface area contributed by atoms with Gasteiger partial charge in [0.15, 0.2) is 5.96 Å². The summed E-state index contributed by atoms with van der Waals surface area (Å²) >= 11 is 0. The van der Waals surface area contributed by atoms with Crippen LogP contribution in [0.4, 0.5) is 5.69 Å². The fourth-order valence-corrected chi connectivity index (χ4v) is 3.28. The van der Waals surface area contributed by atoms with Crippen molar-refractivity contribution in [3.63, 3.8) is 0 Å². The third-order valence-corrected chi connectivity index (χ3v) is 4.75. The number of piperazine rings is 1. The fourth-order valence-electron chi connectivity index (χ4n) is 3.28. The Morgan fingerprint density at radius 3 is 2.66 bits per heavy atom. The highest BCUT2D eigenvalue weighted by atomic mass is 127. The van der Waals surface area contributed by atoms with E-state index < -0.39 is 0 Å². The Hall–Kier alpha value is -2.23. The maximum atomic E-state index is 5.47. The minimum Gasteiger partial charge on any atom is -0.497 e. The van der Waals surface area contributed by atoms with Crippen molar-refractivity contribution in [2.24, 2.45) is 4.99 Å². The quantitative estimate of drug-likeness (QED) is 0.366. The van der Waals surface area contributed by atoms with Gasteiger partial charge in [-0.2, -0.15) is 0 Å². The lowest BCUT2D eigenvalue weighted by atomic mass is 10.2. The molecule has 3 rings (SSSR count). The van der Waals surface area contributed by atoms with E-state index in [9.17, 15) is 0 Å². The van der Waals surface area contributed by atoms with Crippen molar-refractivity contribution in [1.29, 1.82) is 0 Å². The van der Waals surface area contributed by atoms with Crippen molar-refractivity contribution in [2.75, 3.05) is 51.8 Å². The van der Waals surface area contributed by atoms with Gasteiger partial charge in [-0.15, -0.1) is 24.0 Å². The molecule has 0 aliphatic carbocycles. The molecule has 1 aliphatic rings. The van der Waals surface area contributed by atoms with E-state index in [1.165, 1.54) is 5.69 Å². The number of guanidine groups is 1. The van der Waals surface area contributed by atoms with Gasteiger partial charge in [-0.05, 0) is 30.7 Å². The average molecular weight is 511 g/mol. The Kier molecular flexibility index (Phi) is 9.30. The topological polar surface area (TPSA) is 62.2 Å². The normalized spacial score (nSPS) is 14.2. The van der Waals surface area contributed by atoms with Gasteiger partial charge in [-0.3, -0.25) is 4.99 Å². The number of ether oxygens (including phenoxy) is 2. The third-order valence-electron chi connectivity index (χ3n) is 4.75. The number of nitrogens with one attached hydrogen (secondary N) is 1. The summed E-state index contributed by atoms with van der Waals surface area (Å²) in [5.74, 6) is 2.46. The number of anilines is 1. The number of methoxy groups -OCH3 is 1. The zero-order valence-corrected chi connectivity index (χ0v) is 19.6. The summed E-state index contributed by atoms with van der Waals surface area (Å²) in [5.41, 5.74) is 2.32. The largest absolute Gasteiger partial charge is 0.497 e. The molecule has 158 valence electrons. The highest BCUT2D eigenvalue weighted by molar-refractivity contribution is 14.0. The summed E-state index contributed by atoms with van der Waals surface area (Å²) in [6.45, 7) is 6.97. The summed E-state index contributed by atoms with van der Waals surface area (Å²) in [5, 5.41) is 3.45. The van der Waals surface area contributed by atoms with E-state index in [1.807, 2.05) is 38.2 Å². The van der Waals surface area contributed by atoms with Gasteiger partial charge in [-0.1, -0.05) is 6.07 Å². The number of nitrogens with zero attached hydrogens (tertiary/aromatic N) is 4. The SMILES string of the molecule is CCOc1cc(CNC(=NC)N2CCN(c3cccc(OC)c3)CC2)ccn1.I. The number of hydrogen-bond acceptors (Lipinski definition) is 5. The van der Waals surface area contributed by atoms with Crippen LogP contribution in [0.3, 0.4) is 0 Å². The van der Waals surface area contributed by atoms with Gasteiger partial charge in [0.2, 0.25) is 5.88 Å². The number of hydrogen-bond donors (Lipinski definition) is 1. The second-order valence-electron chi connectivity index (χ2n) is 6.51. The number of aromatic nitrogens is 1. The number of halogens is 1. The fraction of sp³-hybridized carbons (Fsp3) is 0.429. The van der Waals surface area contributed by atoms with Gasteiger partial charge in [0.25, 0.3) is 0 Å². The van der Waals surface area contributed by atoms with Crippen LogP contribution in [0.15, 0.2) is 47.6 Å². The molecule has 7 nitrogen and oxygen atoms in total. The first kappa shape index (κ1) is 23.1. The molecule has 2 aromatic rings. The average Bonchev–Trinajstić information content (AvgIpc) is 2.75. The van der Waals surface area contributed by atoms with E-state index >= 15 is 0 Å². The van der Waals surface area contributed by atoms with Crippen molar-refractivity contribution in [1.82, 2.24) is 15.2 Å². The molecule has 0 saturated carbocycles. The molecule has 1 aromatic carbocycles. The van der Waals surface area contributed by atoms with Gasteiger partial charge in [0.05, 0.1) is 13.7 Å². The molecule has 2 heterocycles. The molecule has 1 aromatic heterocycles. The van der Waals surface area contributed by atoms with Crippen molar-refractivity contribution in [2.45, 2.75) is 13.5 Å². The Balaban J connectivity index is 0.00000300. The smallest absolute Gasteiger partial charge is 0.213 e. The maximum Gasteiger partial charge on any atom is 0.213 e. The number of aliphatic imine (C=N–C) groups is 1. The monoisotopic (exact) mass is 511 g/mol. The van der Waals surface area contributed by atoms with Crippen LogP contribution in [-0.2, 0) is 6.54 Å². The highest BCUT2D eigenvalue weighted by Gasteiger charge is 2.20. The van der Waals surface area contributed by atoms with Crippen LogP contribution >= 0.6 is 24.0 Å². The Labute approximate surface area is 190 Å². The number of pyridine rings is 1. The molecule has 0 spiro atoms. The Morgan fingerprint density at radius 2 is 1.97 bits per heavy atom. The molecule has 0 bridgehead atoms. The summed E-state index contributed by atoms with van der Waals surface area (Å²) in [4.78, 5) is 13.3. The van der Waals surface area contributed by atoms with Gasteiger partial charge in [0, 0.05) is 63.8 Å². The molecule has 1 aliphatic heterocycles. The van der Waals surface area contributed by atoms with E-state index in [0.717, 1.165) is 43.5 Å². The first-order valence-corrected chi connectivity index (χ1v) is 9.65. The van der Waals surface area contributed by atoms with E-state index in [2.05, 4.69) is 37.2 Å². The number of benzene rings is 1. The highest BCUT2D eigenvalue weighted by Crippen LogP contribution is 2.22. The zero-order valence-electron chi connectivity index (χ0n) is 17.3. The van der Waals surface area contributed by atoms with Gasteiger partial charge >= 0.3 is 0 Å². The second-order valence-corrected chi connectivity index (χ2v) is 6.51. The predicted octanol–water partition coefficient (Wildman–Crippen LogP) is 3.00. The molecule has 1 saturated heterocycles. The molecule has 0 unspecified atom stereocenters. The van der Waals surface area contributed by atoms with E-state index in [4.69, 9.17) is 9.47 Å². The number of rotatable bonds is 6. The Morgan fingerprint density at radius 1 is 1.17 bits per heavy atom. The molecule has 0 amide bonds. The van der Waals surface area contributed by atoms with Crippen LogP contribution in [0.5, 0.6) is 11.6 Å². The van der Waals surface area contributed by atoms with Crippen molar-refractivity contribution >= 4 is 35.6 Å². The van der Waals surface area contributed by atoms with Gasteiger partial charge in [0.1, 0.15) is 5.75 Å². The first-order valence-electron chi connectivity index (χ1n) is 9.65. The molecule has 0 atom stereocenters. The van der Waals surface area contributed by atoms with Crippen LogP contribution in [-0.4, -0.2) is 62.8 Å². The molecular weight excluding hydrogens is 481 g/mol. The van der Waals surface area contributed by atoms with Crippen molar-refractivity contribution in [3.05, 3.63) is 48.2 Å². The van der Waals surface area contributed by atoms with Gasteiger partial charge in [-0.25, -0.2) is 4.98 Å². The van der Waals surface area contributed by atoms with E-state index in [0.29, 0.717) is 19.0 Å². The molecule has 0 radical (unpaired) electrons. The summed E-state index contributed by atoms with van der Waals surface area (Å²) in [6, 6.07) is 12.2. The van der Waals surface area contributed by atoms with Crippen molar-refractivity contribution < 1.29 is 9.47 Å².